The number of pyridine rings is 1. The molecule has 1 atom stereocenters. The van der Waals surface area contributed by atoms with Crippen LogP contribution >= 0.6 is 11.6 Å². The highest BCUT2D eigenvalue weighted by Gasteiger charge is 2.22. The highest BCUT2D eigenvalue weighted by molar-refractivity contribution is 6.31. The molecule has 0 spiro atoms. The molecule has 1 fully saturated rings. The molecule has 0 aromatic carbocycles. The van der Waals surface area contributed by atoms with Gasteiger partial charge in [0.1, 0.15) is 11.5 Å². The highest BCUT2D eigenvalue weighted by Crippen LogP contribution is 2.27. The number of amides is 1. The van der Waals surface area contributed by atoms with Crippen LogP contribution in [0.25, 0.3) is 22.4 Å². The number of anilines is 1. The molecule has 0 saturated carbocycles. The van der Waals surface area contributed by atoms with E-state index in [1.807, 2.05) is 23.2 Å². The van der Waals surface area contributed by atoms with Crippen LogP contribution < -0.4 is 5.32 Å². The van der Waals surface area contributed by atoms with E-state index < -0.39 is 0 Å². The Morgan fingerprint density at radius 3 is 3.15 bits per heavy atom. The van der Waals surface area contributed by atoms with Crippen LogP contribution in [-0.2, 0) is 4.79 Å². The molecular formula is C18H19ClN6O. The van der Waals surface area contributed by atoms with Crippen molar-refractivity contribution in [3.05, 3.63) is 35.7 Å². The number of aromatic amines is 1. The van der Waals surface area contributed by atoms with Gasteiger partial charge in [-0.25, -0.2) is 15.0 Å². The molecule has 4 heterocycles. The number of hydrogen-bond donors (Lipinski definition) is 2. The van der Waals surface area contributed by atoms with E-state index >= 15 is 0 Å². The molecule has 1 aliphatic rings. The molecule has 0 aliphatic carbocycles. The second-order valence-corrected chi connectivity index (χ2v) is 6.90. The molecule has 0 bridgehead atoms. The zero-order valence-electron chi connectivity index (χ0n) is 14.4. The quantitative estimate of drug-likeness (QED) is 0.739. The van der Waals surface area contributed by atoms with Crippen LogP contribution in [0.1, 0.15) is 19.8 Å². The first-order valence-corrected chi connectivity index (χ1v) is 8.96. The van der Waals surface area contributed by atoms with Gasteiger partial charge < -0.3 is 15.2 Å². The zero-order chi connectivity index (χ0) is 18.1. The van der Waals surface area contributed by atoms with Gasteiger partial charge in [0.05, 0.1) is 5.02 Å². The topological polar surface area (TPSA) is 86.8 Å². The van der Waals surface area contributed by atoms with Gasteiger partial charge >= 0.3 is 0 Å². The summed E-state index contributed by atoms with van der Waals surface area (Å²) in [6.07, 6.45) is 7.17. The van der Waals surface area contributed by atoms with E-state index in [-0.39, 0.29) is 11.9 Å². The van der Waals surface area contributed by atoms with Crippen molar-refractivity contribution in [2.45, 2.75) is 25.8 Å². The van der Waals surface area contributed by atoms with Gasteiger partial charge in [0.15, 0.2) is 5.82 Å². The van der Waals surface area contributed by atoms with E-state index in [2.05, 4.69) is 25.3 Å². The molecule has 8 heteroatoms. The molecule has 26 heavy (non-hydrogen) atoms. The number of aromatic nitrogens is 4. The number of rotatable bonds is 3. The lowest BCUT2D eigenvalue weighted by Crippen LogP contribution is -2.44. The second kappa shape index (κ2) is 6.92. The number of likely N-dealkylation sites (tertiary alicyclic amines) is 1. The Labute approximate surface area is 155 Å². The summed E-state index contributed by atoms with van der Waals surface area (Å²) in [5.74, 6) is 1.46. The number of piperidine rings is 1. The maximum Gasteiger partial charge on any atom is 0.219 e. The summed E-state index contributed by atoms with van der Waals surface area (Å²) in [7, 11) is 0. The predicted octanol–water partition coefficient (Wildman–Crippen LogP) is 3.10. The smallest absolute Gasteiger partial charge is 0.219 e. The second-order valence-electron chi connectivity index (χ2n) is 6.47. The molecule has 0 radical (unpaired) electrons. The number of H-pyrrole nitrogens is 1. The summed E-state index contributed by atoms with van der Waals surface area (Å²) in [6, 6.07) is 3.89. The van der Waals surface area contributed by atoms with Gasteiger partial charge in [-0.15, -0.1) is 0 Å². The molecule has 2 N–H and O–H groups in total. The minimum atomic E-state index is 0.114. The first-order chi connectivity index (χ1) is 12.6. The number of fused-ring (bicyclic) bond motifs is 1. The molecule has 3 aromatic heterocycles. The highest BCUT2D eigenvalue weighted by atomic mass is 35.5. The molecule has 1 unspecified atom stereocenters. The predicted molar refractivity (Wildman–Crippen MR) is 101 cm³/mol. The zero-order valence-corrected chi connectivity index (χ0v) is 15.1. The van der Waals surface area contributed by atoms with E-state index in [1.165, 1.54) is 0 Å². The van der Waals surface area contributed by atoms with Gasteiger partial charge in [-0.2, -0.15) is 0 Å². The average Bonchev–Trinajstić information content (AvgIpc) is 3.05. The number of carbonyl (C=O) groups is 1. The number of nitrogens with zero attached hydrogens (tertiary/aromatic N) is 4. The standard InChI is InChI=1S/C18H19ClN6O/c1-11(26)25-6-2-3-13(10-25)23-16-4-5-20-18(24-16)15-9-22-17-14(15)7-12(19)8-21-17/h4-5,7-9,13H,2-3,6,10H2,1H3,(H,21,22)(H,20,23,24). The number of nitrogens with one attached hydrogen (secondary N) is 2. The Kier molecular flexibility index (Phi) is 4.46. The van der Waals surface area contributed by atoms with Crippen molar-refractivity contribution in [3.63, 3.8) is 0 Å². The van der Waals surface area contributed by atoms with Crippen LogP contribution in [0.3, 0.4) is 0 Å². The van der Waals surface area contributed by atoms with Crippen molar-refractivity contribution in [3.8, 4) is 11.4 Å². The number of hydrogen-bond acceptors (Lipinski definition) is 5. The summed E-state index contributed by atoms with van der Waals surface area (Å²) in [5, 5.41) is 4.88. The molecule has 3 aromatic rings. The Morgan fingerprint density at radius 1 is 1.42 bits per heavy atom. The molecular weight excluding hydrogens is 352 g/mol. The van der Waals surface area contributed by atoms with E-state index in [1.54, 1.807) is 19.3 Å². The fourth-order valence-corrected chi connectivity index (χ4v) is 3.48. The lowest BCUT2D eigenvalue weighted by atomic mass is 10.1. The molecule has 1 amide bonds. The van der Waals surface area contributed by atoms with Crippen LogP contribution in [-0.4, -0.2) is 49.9 Å². The third-order valence-electron chi connectivity index (χ3n) is 4.61. The van der Waals surface area contributed by atoms with Crippen LogP contribution in [0.15, 0.2) is 30.7 Å². The van der Waals surface area contributed by atoms with E-state index in [0.29, 0.717) is 17.4 Å². The van der Waals surface area contributed by atoms with E-state index in [0.717, 1.165) is 41.8 Å². The Bertz CT molecular complexity index is 956. The van der Waals surface area contributed by atoms with Crippen molar-refractivity contribution < 1.29 is 4.79 Å². The van der Waals surface area contributed by atoms with Gasteiger partial charge in [0.25, 0.3) is 0 Å². The van der Waals surface area contributed by atoms with Crippen molar-refractivity contribution in [1.82, 2.24) is 24.8 Å². The van der Waals surface area contributed by atoms with Crippen molar-refractivity contribution in [1.29, 1.82) is 0 Å². The fourth-order valence-electron chi connectivity index (χ4n) is 3.32. The molecule has 134 valence electrons. The van der Waals surface area contributed by atoms with Crippen LogP contribution in [0.2, 0.25) is 5.02 Å². The minimum Gasteiger partial charge on any atom is -0.365 e. The third kappa shape index (κ3) is 3.35. The van der Waals surface area contributed by atoms with Crippen LogP contribution in [0, 0.1) is 0 Å². The lowest BCUT2D eigenvalue weighted by Gasteiger charge is -2.32. The minimum absolute atomic E-state index is 0.114. The van der Waals surface area contributed by atoms with Gasteiger partial charge in [0, 0.05) is 55.6 Å². The summed E-state index contributed by atoms with van der Waals surface area (Å²) < 4.78 is 0. The Hall–Kier alpha value is -2.67. The van der Waals surface area contributed by atoms with Gasteiger partial charge in [-0.1, -0.05) is 11.6 Å². The molecule has 1 aliphatic heterocycles. The largest absolute Gasteiger partial charge is 0.365 e. The monoisotopic (exact) mass is 370 g/mol. The van der Waals surface area contributed by atoms with Crippen LogP contribution in [0.5, 0.6) is 0 Å². The first-order valence-electron chi connectivity index (χ1n) is 8.58. The summed E-state index contributed by atoms with van der Waals surface area (Å²) >= 11 is 6.07. The van der Waals surface area contributed by atoms with Crippen molar-refractivity contribution in [2.24, 2.45) is 0 Å². The number of halogens is 1. The first kappa shape index (κ1) is 16.8. The van der Waals surface area contributed by atoms with Gasteiger partial charge in [-0.3, -0.25) is 4.79 Å². The molecule has 1 saturated heterocycles. The third-order valence-corrected chi connectivity index (χ3v) is 4.82. The SMILES string of the molecule is CC(=O)N1CCCC(Nc2ccnc(-c3c[nH]c4ncc(Cl)cc34)n2)C1. The summed E-state index contributed by atoms with van der Waals surface area (Å²) in [4.78, 5) is 29.9. The fraction of sp³-hybridized carbons (Fsp3) is 0.333. The van der Waals surface area contributed by atoms with Gasteiger partial charge in [0.2, 0.25) is 5.91 Å². The van der Waals surface area contributed by atoms with Crippen molar-refractivity contribution >= 4 is 34.4 Å². The molecule has 4 rings (SSSR count). The maximum atomic E-state index is 11.6. The average molecular weight is 371 g/mol. The number of carbonyl (C=O) groups excluding carboxylic acids is 1. The van der Waals surface area contributed by atoms with Gasteiger partial charge in [-0.05, 0) is 25.0 Å². The van der Waals surface area contributed by atoms with E-state index in [4.69, 9.17) is 11.6 Å². The lowest BCUT2D eigenvalue weighted by molar-refractivity contribution is -0.129. The maximum absolute atomic E-state index is 11.6. The van der Waals surface area contributed by atoms with E-state index in [9.17, 15) is 4.79 Å². The molecule has 7 nitrogen and oxygen atoms in total. The normalized spacial score (nSPS) is 17.5. The Morgan fingerprint density at radius 2 is 2.31 bits per heavy atom. The summed E-state index contributed by atoms with van der Waals surface area (Å²) in [6.45, 7) is 3.13. The van der Waals surface area contributed by atoms with Crippen LogP contribution in [0.4, 0.5) is 5.82 Å². The summed E-state index contributed by atoms with van der Waals surface area (Å²) in [5.41, 5.74) is 1.60. The van der Waals surface area contributed by atoms with Crippen molar-refractivity contribution in [2.75, 3.05) is 18.4 Å². The Balaban J connectivity index is 1.58.